The van der Waals surface area contributed by atoms with Crippen molar-refractivity contribution < 1.29 is 0 Å². The summed E-state index contributed by atoms with van der Waals surface area (Å²) in [6.07, 6.45) is 12.8. The highest BCUT2D eigenvalue weighted by atomic mass is 15.2. The zero-order valence-electron chi connectivity index (χ0n) is 14.2. The van der Waals surface area contributed by atoms with Crippen molar-refractivity contribution in [1.29, 1.82) is 0 Å². The highest BCUT2D eigenvalue weighted by Gasteiger charge is 2.37. The molecule has 0 bridgehead atoms. The molecule has 2 fully saturated rings. The zero-order valence-corrected chi connectivity index (χ0v) is 14.2. The van der Waals surface area contributed by atoms with Crippen LogP contribution in [0.1, 0.15) is 59.3 Å². The van der Waals surface area contributed by atoms with E-state index in [1.165, 1.54) is 45.1 Å². The van der Waals surface area contributed by atoms with Gasteiger partial charge in [0, 0.05) is 18.6 Å². The van der Waals surface area contributed by atoms with Gasteiger partial charge in [0.25, 0.3) is 0 Å². The Labute approximate surface area is 131 Å². The normalized spacial score (nSPS) is 47.2. The Morgan fingerprint density at radius 2 is 1.86 bits per heavy atom. The van der Waals surface area contributed by atoms with E-state index in [9.17, 15) is 0 Å². The molecule has 2 nitrogen and oxygen atoms in total. The summed E-state index contributed by atoms with van der Waals surface area (Å²) in [6, 6.07) is 1.13. The molecule has 2 N–H and O–H groups in total. The van der Waals surface area contributed by atoms with Crippen LogP contribution < -0.4 is 5.73 Å². The summed E-state index contributed by atoms with van der Waals surface area (Å²) in [4.78, 5) is 2.66. The molecule has 7 unspecified atom stereocenters. The summed E-state index contributed by atoms with van der Waals surface area (Å²) in [5.74, 6) is 4.29. The molecule has 1 aliphatic heterocycles. The van der Waals surface area contributed by atoms with Gasteiger partial charge < -0.3 is 10.6 Å². The maximum atomic E-state index is 6.23. The van der Waals surface area contributed by atoms with Gasteiger partial charge in [0.1, 0.15) is 0 Å². The third-order valence-corrected chi connectivity index (χ3v) is 6.77. The Hall–Kier alpha value is -0.500. The van der Waals surface area contributed by atoms with E-state index in [1.54, 1.807) is 0 Å². The predicted molar refractivity (Wildman–Crippen MR) is 89.8 cm³/mol. The van der Waals surface area contributed by atoms with Crippen molar-refractivity contribution in [1.82, 2.24) is 4.90 Å². The minimum Gasteiger partial charge on any atom is -0.374 e. The zero-order chi connectivity index (χ0) is 15.0. The van der Waals surface area contributed by atoms with Crippen LogP contribution in [0.4, 0.5) is 0 Å². The second kappa shape index (κ2) is 6.32. The van der Waals surface area contributed by atoms with Gasteiger partial charge in [-0.15, -0.1) is 0 Å². The van der Waals surface area contributed by atoms with Gasteiger partial charge in [-0.05, 0) is 61.5 Å². The van der Waals surface area contributed by atoms with Crippen molar-refractivity contribution in [2.75, 3.05) is 6.54 Å². The molecule has 2 aliphatic carbocycles. The average Bonchev–Trinajstić information content (AvgIpc) is 2.80. The lowest BCUT2D eigenvalue weighted by Gasteiger charge is -2.39. The van der Waals surface area contributed by atoms with Crippen LogP contribution in [0.3, 0.4) is 0 Å². The van der Waals surface area contributed by atoms with Gasteiger partial charge >= 0.3 is 0 Å². The van der Waals surface area contributed by atoms with Crippen LogP contribution >= 0.6 is 0 Å². The molecule has 0 saturated heterocycles. The monoisotopic (exact) mass is 290 g/mol. The molecule has 0 amide bonds. The quantitative estimate of drug-likeness (QED) is 0.778. The van der Waals surface area contributed by atoms with Crippen LogP contribution in [0.2, 0.25) is 0 Å². The number of nitrogens with zero attached hydrogens (tertiary/aromatic N) is 1. The third kappa shape index (κ3) is 3.31. The molecule has 0 radical (unpaired) electrons. The van der Waals surface area contributed by atoms with Gasteiger partial charge in [-0.25, -0.2) is 0 Å². The van der Waals surface area contributed by atoms with E-state index >= 15 is 0 Å². The molecule has 1 heterocycles. The lowest BCUT2D eigenvalue weighted by atomic mass is 9.80. The van der Waals surface area contributed by atoms with Gasteiger partial charge in [0.15, 0.2) is 0 Å². The highest BCUT2D eigenvalue weighted by molar-refractivity contribution is 5.08. The van der Waals surface area contributed by atoms with Crippen molar-refractivity contribution in [3.05, 3.63) is 12.3 Å². The van der Waals surface area contributed by atoms with Crippen LogP contribution in [0.25, 0.3) is 0 Å². The van der Waals surface area contributed by atoms with E-state index in [-0.39, 0.29) is 0 Å². The summed E-state index contributed by atoms with van der Waals surface area (Å²) in [7, 11) is 0. The summed E-state index contributed by atoms with van der Waals surface area (Å²) >= 11 is 0. The topological polar surface area (TPSA) is 29.3 Å². The van der Waals surface area contributed by atoms with E-state index in [4.69, 9.17) is 5.73 Å². The number of nitrogens with two attached hydrogens (primary N) is 1. The van der Waals surface area contributed by atoms with E-state index in [0.717, 1.165) is 29.6 Å². The predicted octanol–water partition coefficient (Wildman–Crippen LogP) is 4.02. The molecule has 3 aliphatic rings. The van der Waals surface area contributed by atoms with Crippen molar-refractivity contribution >= 4 is 0 Å². The lowest BCUT2D eigenvalue weighted by molar-refractivity contribution is 0.134. The van der Waals surface area contributed by atoms with E-state index in [0.29, 0.717) is 12.1 Å². The maximum absolute atomic E-state index is 6.23. The molecule has 0 aromatic carbocycles. The molecule has 21 heavy (non-hydrogen) atoms. The van der Waals surface area contributed by atoms with Gasteiger partial charge in [-0.3, -0.25) is 0 Å². The fraction of sp³-hybridized carbons (Fsp3) is 0.895. The van der Waals surface area contributed by atoms with Crippen LogP contribution in [0.15, 0.2) is 12.3 Å². The minimum absolute atomic E-state index is 0.429. The fourth-order valence-corrected chi connectivity index (χ4v) is 4.97. The summed E-state index contributed by atoms with van der Waals surface area (Å²) in [5.41, 5.74) is 6.23. The Morgan fingerprint density at radius 3 is 2.67 bits per heavy atom. The van der Waals surface area contributed by atoms with Crippen molar-refractivity contribution in [2.24, 2.45) is 35.3 Å². The SMILES string of the molecule is CC1CCC(C)C(C)C(CN2C=CC3CCC(N)CC32)C1. The molecule has 2 heteroatoms. The van der Waals surface area contributed by atoms with Crippen LogP contribution in [-0.4, -0.2) is 23.5 Å². The third-order valence-electron chi connectivity index (χ3n) is 6.77. The fourth-order valence-electron chi connectivity index (χ4n) is 4.97. The smallest absolute Gasteiger partial charge is 0.0362 e. The Balaban J connectivity index is 1.66. The van der Waals surface area contributed by atoms with Gasteiger partial charge in [0.2, 0.25) is 0 Å². The van der Waals surface area contributed by atoms with Gasteiger partial charge in [-0.2, -0.15) is 0 Å². The molecular formula is C19H34N2. The molecule has 7 atom stereocenters. The number of fused-ring (bicyclic) bond motifs is 1. The first-order valence-electron chi connectivity index (χ1n) is 9.24. The summed E-state index contributed by atoms with van der Waals surface area (Å²) < 4.78 is 0. The summed E-state index contributed by atoms with van der Waals surface area (Å²) in [5, 5.41) is 0. The highest BCUT2D eigenvalue weighted by Crippen LogP contribution is 2.39. The van der Waals surface area contributed by atoms with Crippen molar-refractivity contribution in [2.45, 2.75) is 71.4 Å². The number of hydrogen-bond acceptors (Lipinski definition) is 2. The van der Waals surface area contributed by atoms with E-state index in [1.807, 2.05) is 0 Å². The Bertz CT molecular complexity index is 378. The van der Waals surface area contributed by atoms with Crippen LogP contribution in [-0.2, 0) is 0 Å². The number of hydrogen-bond donors (Lipinski definition) is 1. The van der Waals surface area contributed by atoms with Crippen molar-refractivity contribution in [3.8, 4) is 0 Å². The average molecular weight is 290 g/mol. The Kier molecular flexibility index (Phi) is 4.63. The molecule has 2 saturated carbocycles. The second-order valence-corrected chi connectivity index (χ2v) is 8.36. The van der Waals surface area contributed by atoms with Crippen molar-refractivity contribution in [3.63, 3.8) is 0 Å². The molecule has 0 spiro atoms. The standard InChI is InChI=1S/C19H34N2/c1-13-4-5-14(2)15(3)17(10-13)12-21-9-8-16-6-7-18(20)11-19(16)21/h8-9,13-19H,4-7,10-12,20H2,1-3H3. The first-order valence-corrected chi connectivity index (χ1v) is 9.24. The maximum Gasteiger partial charge on any atom is 0.0362 e. The minimum atomic E-state index is 0.429. The Morgan fingerprint density at radius 1 is 1.05 bits per heavy atom. The number of rotatable bonds is 2. The molecule has 3 rings (SSSR count). The molecular weight excluding hydrogens is 256 g/mol. The molecule has 120 valence electrons. The largest absolute Gasteiger partial charge is 0.374 e. The van der Waals surface area contributed by atoms with E-state index < -0.39 is 0 Å². The first-order chi connectivity index (χ1) is 10.0. The van der Waals surface area contributed by atoms with Gasteiger partial charge in [0.05, 0.1) is 0 Å². The molecule has 0 aromatic heterocycles. The summed E-state index contributed by atoms with van der Waals surface area (Å²) in [6.45, 7) is 8.68. The van der Waals surface area contributed by atoms with Crippen LogP contribution in [0, 0.1) is 29.6 Å². The van der Waals surface area contributed by atoms with E-state index in [2.05, 4.69) is 37.9 Å². The van der Waals surface area contributed by atoms with Gasteiger partial charge in [-0.1, -0.05) is 39.7 Å². The lowest BCUT2D eigenvalue weighted by Crippen LogP contribution is -2.44. The van der Waals surface area contributed by atoms with Crippen LogP contribution in [0.5, 0.6) is 0 Å². The second-order valence-electron chi connectivity index (χ2n) is 8.36. The molecule has 0 aromatic rings. The first kappa shape index (κ1) is 15.4.